The highest BCUT2D eigenvalue weighted by atomic mass is 16.1. The van der Waals surface area contributed by atoms with Crippen LogP contribution in [0.5, 0.6) is 0 Å². The molecule has 5 nitrogen and oxygen atoms in total. The van der Waals surface area contributed by atoms with Crippen LogP contribution in [0.15, 0.2) is 97.3 Å². The maximum absolute atomic E-state index is 12.4. The van der Waals surface area contributed by atoms with E-state index >= 15 is 0 Å². The zero-order valence-electron chi connectivity index (χ0n) is 18.4. The molecule has 0 unspecified atom stereocenters. The first-order chi connectivity index (χ1) is 16.2. The van der Waals surface area contributed by atoms with E-state index in [4.69, 9.17) is 0 Å². The second-order valence-electron chi connectivity index (χ2n) is 8.12. The summed E-state index contributed by atoms with van der Waals surface area (Å²) in [6.45, 7) is 2.91. The number of anilines is 1. The van der Waals surface area contributed by atoms with Gasteiger partial charge in [0, 0.05) is 13.5 Å². The molecule has 33 heavy (non-hydrogen) atoms. The first-order valence-electron chi connectivity index (χ1n) is 11.0. The van der Waals surface area contributed by atoms with Crippen LogP contribution in [0.1, 0.15) is 18.1 Å². The van der Waals surface area contributed by atoms with Gasteiger partial charge in [0.25, 0.3) is 0 Å². The fourth-order valence-corrected chi connectivity index (χ4v) is 3.95. The Balaban J connectivity index is 0.00000274. The normalized spacial score (nSPS) is 10.9. The molecule has 0 fully saturated rings. The van der Waals surface area contributed by atoms with Crippen molar-refractivity contribution >= 4 is 22.8 Å². The van der Waals surface area contributed by atoms with Crippen LogP contribution in [0.25, 0.3) is 22.3 Å². The van der Waals surface area contributed by atoms with E-state index in [0.29, 0.717) is 12.2 Å². The van der Waals surface area contributed by atoms with Gasteiger partial charge in [0.1, 0.15) is 5.82 Å². The fourth-order valence-electron chi connectivity index (χ4n) is 3.95. The minimum Gasteiger partial charge on any atom is -0.326 e. The van der Waals surface area contributed by atoms with Crippen LogP contribution >= 0.6 is 0 Å². The standard InChI is InChI=1S/C28H24N4O.H2/c1-20-8-5-6-11-23(20)18-32-19-29-25-17-22(14-15-26(25)32)24-12-7-13-27(30-24)31-28(33)16-21-9-3-2-4-10-21;/h2-15,17,19H,16,18H2,1H3,(H,30,31,33);1H. The first kappa shape index (κ1) is 20.6. The second kappa shape index (κ2) is 9.09. The van der Waals surface area contributed by atoms with Gasteiger partial charge in [-0.05, 0) is 47.9 Å². The Morgan fingerprint density at radius 3 is 2.61 bits per heavy atom. The molecule has 3 aromatic carbocycles. The number of fused-ring (bicyclic) bond motifs is 1. The van der Waals surface area contributed by atoms with Crippen LogP contribution in [-0.2, 0) is 17.8 Å². The minimum atomic E-state index is -0.0868. The van der Waals surface area contributed by atoms with Crippen LogP contribution in [0.3, 0.4) is 0 Å². The SMILES string of the molecule is Cc1ccccc1Cn1cnc2cc(-c3cccc(NC(=O)Cc4ccccc4)n3)ccc21.[HH]. The number of amides is 1. The molecule has 1 N–H and O–H groups in total. The number of aryl methyl sites for hydroxylation is 1. The number of nitrogens with zero attached hydrogens (tertiary/aromatic N) is 3. The lowest BCUT2D eigenvalue weighted by Crippen LogP contribution is -2.15. The van der Waals surface area contributed by atoms with Crippen LogP contribution in [0.4, 0.5) is 5.82 Å². The van der Waals surface area contributed by atoms with Gasteiger partial charge in [0.15, 0.2) is 0 Å². The molecule has 0 atom stereocenters. The summed E-state index contributed by atoms with van der Waals surface area (Å²) < 4.78 is 2.16. The number of pyridine rings is 1. The van der Waals surface area contributed by atoms with E-state index in [-0.39, 0.29) is 7.33 Å². The summed E-state index contributed by atoms with van der Waals surface area (Å²) in [7, 11) is 0. The number of imidazole rings is 1. The van der Waals surface area contributed by atoms with Crippen molar-refractivity contribution in [3.05, 3.63) is 114 Å². The molecule has 0 bridgehead atoms. The van der Waals surface area contributed by atoms with Crippen molar-refractivity contribution in [2.45, 2.75) is 19.9 Å². The lowest BCUT2D eigenvalue weighted by atomic mass is 10.1. The zero-order valence-corrected chi connectivity index (χ0v) is 18.4. The number of benzene rings is 3. The number of rotatable bonds is 6. The topological polar surface area (TPSA) is 59.8 Å². The van der Waals surface area contributed by atoms with Gasteiger partial charge in [-0.2, -0.15) is 0 Å². The van der Waals surface area contributed by atoms with Gasteiger partial charge in [0.2, 0.25) is 5.91 Å². The highest BCUT2D eigenvalue weighted by Gasteiger charge is 2.09. The Morgan fingerprint density at radius 2 is 1.76 bits per heavy atom. The number of hydrogen-bond acceptors (Lipinski definition) is 3. The third kappa shape index (κ3) is 4.67. The van der Waals surface area contributed by atoms with E-state index < -0.39 is 0 Å². The van der Waals surface area contributed by atoms with Gasteiger partial charge in [0.05, 0.1) is 29.5 Å². The molecule has 5 aromatic rings. The highest BCUT2D eigenvalue weighted by molar-refractivity contribution is 5.91. The summed E-state index contributed by atoms with van der Waals surface area (Å²) in [5.74, 6) is 0.454. The van der Waals surface area contributed by atoms with Crippen LogP contribution < -0.4 is 5.32 Å². The summed E-state index contributed by atoms with van der Waals surface area (Å²) in [5, 5.41) is 2.90. The zero-order chi connectivity index (χ0) is 22.6. The van der Waals surface area contributed by atoms with E-state index in [1.807, 2.05) is 60.9 Å². The molecule has 5 rings (SSSR count). The smallest absolute Gasteiger partial charge is 0.229 e. The summed E-state index contributed by atoms with van der Waals surface area (Å²) in [6, 6.07) is 29.9. The molecular formula is C28H26N4O. The highest BCUT2D eigenvalue weighted by Crippen LogP contribution is 2.24. The first-order valence-corrected chi connectivity index (χ1v) is 11.0. The minimum absolute atomic E-state index is 0. The molecule has 0 saturated heterocycles. The Labute approximate surface area is 194 Å². The van der Waals surface area contributed by atoms with Crippen molar-refractivity contribution in [3.8, 4) is 11.3 Å². The monoisotopic (exact) mass is 434 g/mol. The van der Waals surface area contributed by atoms with E-state index in [1.54, 1.807) is 0 Å². The average Bonchev–Trinajstić information content (AvgIpc) is 3.23. The van der Waals surface area contributed by atoms with Crippen molar-refractivity contribution in [1.29, 1.82) is 0 Å². The van der Waals surface area contributed by atoms with Gasteiger partial charge in [-0.3, -0.25) is 4.79 Å². The summed E-state index contributed by atoms with van der Waals surface area (Å²) >= 11 is 0. The van der Waals surface area contributed by atoms with Crippen molar-refractivity contribution in [1.82, 2.24) is 14.5 Å². The second-order valence-corrected chi connectivity index (χ2v) is 8.12. The maximum atomic E-state index is 12.4. The Hall–Kier alpha value is -4.25. The Bertz CT molecular complexity index is 1430. The van der Waals surface area contributed by atoms with Gasteiger partial charge >= 0.3 is 0 Å². The summed E-state index contributed by atoms with van der Waals surface area (Å²) in [4.78, 5) is 21.7. The Morgan fingerprint density at radius 1 is 0.939 bits per heavy atom. The largest absolute Gasteiger partial charge is 0.326 e. The molecule has 0 spiro atoms. The molecular weight excluding hydrogens is 408 g/mol. The molecule has 1 amide bonds. The van der Waals surface area contributed by atoms with Crippen LogP contribution in [0, 0.1) is 6.92 Å². The fraction of sp³-hybridized carbons (Fsp3) is 0.107. The Kier molecular flexibility index (Phi) is 5.68. The quantitative estimate of drug-likeness (QED) is 0.363. The predicted octanol–water partition coefficient (Wildman–Crippen LogP) is 5.88. The molecule has 0 radical (unpaired) electrons. The lowest BCUT2D eigenvalue weighted by Gasteiger charge is -2.09. The van der Waals surface area contributed by atoms with E-state index in [0.717, 1.165) is 34.4 Å². The van der Waals surface area contributed by atoms with Crippen molar-refractivity contribution in [2.75, 3.05) is 5.32 Å². The molecule has 0 aliphatic carbocycles. The number of nitrogens with one attached hydrogen (secondary N) is 1. The maximum Gasteiger partial charge on any atom is 0.229 e. The molecule has 0 aliphatic heterocycles. The number of hydrogen-bond donors (Lipinski definition) is 1. The van der Waals surface area contributed by atoms with Crippen molar-refractivity contribution in [3.63, 3.8) is 0 Å². The van der Waals surface area contributed by atoms with Gasteiger partial charge in [-0.1, -0.05) is 66.7 Å². The summed E-state index contributed by atoms with van der Waals surface area (Å²) in [6.07, 6.45) is 2.20. The van der Waals surface area contributed by atoms with E-state index in [2.05, 4.69) is 63.2 Å². The van der Waals surface area contributed by atoms with Crippen LogP contribution in [-0.4, -0.2) is 20.4 Å². The van der Waals surface area contributed by atoms with Crippen LogP contribution in [0.2, 0.25) is 0 Å². The van der Waals surface area contributed by atoms with Gasteiger partial charge < -0.3 is 9.88 Å². The molecule has 2 aromatic heterocycles. The number of carbonyl (C=O) groups is 1. The molecule has 0 aliphatic rings. The van der Waals surface area contributed by atoms with Gasteiger partial charge in [-0.25, -0.2) is 9.97 Å². The number of aromatic nitrogens is 3. The summed E-state index contributed by atoms with van der Waals surface area (Å²) in [5.41, 5.74) is 7.27. The number of carbonyl (C=O) groups excluding carboxylic acids is 1. The van der Waals surface area contributed by atoms with Gasteiger partial charge in [-0.15, -0.1) is 0 Å². The molecule has 5 heteroatoms. The molecule has 2 heterocycles. The molecule has 164 valence electrons. The van der Waals surface area contributed by atoms with Crippen molar-refractivity contribution < 1.29 is 6.22 Å². The third-order valence-corrected chi connectivity index (χ3v) is 5.74. The third-order valence-electron chi connectivity index (χ3n) is 5.74. The average molecular weight is 435 g/mol. The molecule has 0 saturated carbocycles. The van der Waals surface area contributed by atoms with Crippen molar-refractivity contribution in [2.24, 2.45) is 0 Å². The predicted molar refractivity (Wildman–Crippen MR) is 134 cm³/mol. The van der Waals surface area contributed by atoms with E-state index in [9.17, 15) is 4.79 Å². The lowest BCUT2D eigenvalue weighted by molar-refractivity contribution is -0.115. The van der Waals surface area contributed by atoms with E-state index in [1.165, 1.54) is 11.1 Å².